The minimum atomic E-state index is -3.94. The number of aromatic nitrogens is 4. The van der Waals surface area contributed by atoms with Crippen LogP contribution in [0.5, 0.6) is 5.75 Å². The van der Waals surface area contributed by atoms with Crippen LogP contribution in [0.4, 0.5) is 5.82 Å². The number of anilines is 1. The Balaban J connectivity index is 1.56. The van der Waals surface area contributed by atoms with Gasteiger partial charge in [-0.25, -0.2) is 19.5 Å². The van der Waals surface area contributed by atoms with Crippen molar-refractivity contribution in [2.45, 2.75) is 59.5 Å². The van der Waals surface area contributed by atoms with E-state index < -0.39 is 44.5 Å². The van der Waals surface area contributed by atoms with Crippen LogP contribution in [0, 0.1) is 18.3 Å². The fourth-order valence-electron chi connectivity index (χ4n) is 4.20. The zero-order valence-electron chi connectivity index (χ0n) is 22.8. The molecule has 4 rings (SSSR count). The van der Waals surface area contributed by atoms with Crippen molar-refractivity contribution in [1.82, 2.24) is 19.5 Å². The van der Waals surface area contributed by atoms with Crippen molar-refractivity contribution in [3.8, 4) is 5.75 Å². The summed E-state index contributed by atoms with van der Waals surface area (Å²) in [4.78, 5) is 25.6. The number of aliphatic hydroxyl groups excluding tert-OH is 1. The maximum atomic E-state index is 14.2. The molecule has 12 nitrogen and oxygen atoms in total. The molecule has 1 unspecified atom stereocenters. The Morgan fingerprint density at radius 1 is 1.28 bits per heavy atom. The molecule has 0 bridgehead atoms. The molecule has 2 aromatic heterocycles. The van der Waals surface area contributed by atoms with E-state index in [4.69, 9.17) is 24.3 Å². The summed E-state index contributed by atoms with van der Waals surface area (Å²) in [5.41, 5.74) is 6.68. The molecule has 1 aliphatic rings. The number of nitrogens with zero attached hydrogens (tertiary/aromatic N) is 4. The number of carbonyl (C=O) groups excluding carboxylic acids is 1. The van der Waals surface area contributed by atoms with Crippen LogP contribution >= 0.6 is 7.60 Å². The summed E-state index contributed by atoms with van der Waals surface area (Å²) in [5.74, 6) is -0.224. The van der Waals surface area contributed by atoms with Gasteiger partial charge in [0.1, 0.15) is 35.5 Å². The number of hydrogen-bond acceptors (Lipinski definition) is 11. The highest BCUT2D eigenvalue weighted by molar-refractivity contribution is 7.54. The maximum Gasteiger partial charge on any atom is 0.380 e. The predicted molar refractivity (Wildman–Crippen MR) is 144 cm³/mol. The normalized spacial score (nSPS) is 21.9. The van der Waals surface area contributed by atoms with Gasteiger partial charge in [0.2, 0.25) is 0 Å². The minimum absolute atomic E-state index is 0.213. The third-order valence-corrected chi connectivity index (χ3v) is 8.14. The second-order valence-corrected chi connectivity index (χ2v) is 12.9. The van der Waals surface area contributed by atoms with E-state index in [0.717, 1.165) is 0 Å². The zero-order chi connectivity index (χ0) is 28.4. The number of imidazole rings is 1. The fourth-order valence-corrected chi connectivity index (χ4v) is 6.30. The number of ether oxygens (including phenoxy) is 2. The van der Waals surface area contributed by atoms with Crippen molar-refractivity contribution >= 4 is 30.5 Å². The van der Waals surface area contributed by atoms with Gasteiger partial charge in [0.25, 0.3) is 0 Å². The standard InChI is InChI=1S/C26H36N5O7P/c1-16(25(33)35-14-26(3,4)5)13-39(34,37-18-9-7-6-8-10-18)38-19-11-21(36-20(19)12-32)31-15-28-22-23(27)29-17(2)30-24(22)31/h6-10,15-16,19-21,32H,11-14H2,1-5H3,(H2,27,29,30)/t16-,19-,20-,21-,39?/m1/s1. The van der Waals surface area contributed by atoms with Crippen LogP contribution in [0.25, 0.3) is 11.2 Å². The molecule has 13 heteroatoms. The second-order valence-electron chi connectivity index (χ2n) is 10.9. The van der Waals surface area contributed by atoms with Gasteiger partial charge in [0.15, 0.2) is 11.5 Å². The average Bonchev–Trinajstić information content (AvgIpc) is 3.46. The lowest BCUT2D eigenvalue weighted by atomic mass is 9.99. The van der Waals surface area contributed by atoms with Gasteiger partial charge < -0.3 is 24.8 Å². The summed E-state index contributed by atoms with van der Waals surface area (Å²) < 4.78 is 39.3. The number of carbonyl (C=O) groups is 1. The number of nitrogens with two attached hydrogens (primary N) is 1. The number of rotatable bonds is 10. The Bertz CT molecular complexity index is 1340. The highest BCUT2D eigenvalue weighted by Crippen LogP contribution is 2.53. The lowest BCUT2D eigenvalue weighted by molar-refractivity contribution is -0.150. The summed E-state index contributed by atoms with van der Waals surface area (Å²) in [7, 11) is -3.94. The maximum absolute atomic E-state index is 14.2. The Hall–Kier alpha value is -3.05. The number of aryl methyl sites for hydroxylation is 1. The molecule has 0 spiro atoms. The number of para-hydroxylation sites is 1. The van der Waals surface area contributed by atoms with E-state index in [2.05, 4.69) is 15.0 Å². The van der Waals surface area contributed by atoms with Gasteiger partial charge in [-0.1, -0.05) is 45.9 Å². The van der Waals surface area contributed by atoms with Crippen LogP contribution in [0.1, 0.15) is 46.2 Å². The summed E-state index contributed by atoms with van der Waals surface area (Å²) in [6.07, 6.45) is -0.741. The Kier molecular flexibility index (Phi) is 8.60. The monoisotopic (exact) mass is 561 g/mol. The van der Waals surface area contributed by atoms with Crippen LogP contribution in [0.2, 0.25) is 0 Å². The third-order valence-electron chi connectivity index (χ3n) is 6.06. The highest BCUT2D eigenvalue weighted by Gasteiger charge is 2.44. The van der Waals surface area contributed by atoms with E-state index in [1.807, 2.05) is 20.8 Å². The molecule has 3 N–H and O–H groups in total. The molecule has 212 valence electrons. The molecule has 1 saturated heterocycles. The third kappa shape index (κ3) is 7.13. The number of fused-ring (bicyclic) bond motifs is 1. The summed E-state index contributed by atoms with van der Waals surface area (Å²) in [6, 6.07) is 8.59. The smallest absolute Gasteiger partial charge is 0.380 e. The van der Waals surface area contributed by atoms with Crippen molar-refractivity contribution in [2.75, 3.05) is 25.1 Å². The number of benzene rings is 1. The summed E-state index contributed by atoms with van der Waals surface area (Å²) in [5, 5.41) is 10.1. The van der Waals surface area contributed by atoms with Gasteiger partial charge in [-0.15, -0.1) is 0 Å². The van der Waals surface area contributed by atoms with Gasteiger partial charge in [-0.05, 0) is 24.5 Å². The molecular weight excluding hydrogens is 525 g/mol. The molecule has 3 aromatic rings. The lowest BCUT2D eigenvalue weighted by Crippen LogP contribution is -2.30. The second kappa shape index (κ2) is 11.6. The predicted octanol–water partition coefficient (Wildman–Crippen LogP) is 3.88. The van der Waals surface area contributed by atoms with E-state index in [0.29, 0.717) is 22.7 Å². The first-order chi connectivity index (χ1) is 18.4. The Labute approximate surface area is 227 Å². The molecule has 1 aliphatic heterocycles. The molecule has 5 atom stereocenters. The minimum Gasteiger partial charge on any atom is -0.465 e. The first-order valence-corrected chi connectivity index (χ1v) is 14.5. The topological polar surface area (TPSA) is 161 Å². The van der Waals surface area contributed by atoms with Crippen molar-refractivity contribution in [2.24, 2.45) is 11.3 Å². The molecule has 0 saturated carbocycles. The van der Waals surface area contributed by atoms with E-state index in [-0.39, 0.29) is 30.4 Å². The SMILES string of the molecule is Cc1nc(N)c2ncn([C@H]3C[C@@H](OP(=O)(C[C@@H](C)C(=O)OCC(C)(C)C)Oc4ccccc4)[C@@H](CO)O3)c2n1. The summed E-state index contributed by atoms with van der Waals surface area (Å²) >= 11 is 0. The van der Waals surface area contributed by atoms with Crippen LogP contribution < -0.4 is 10.3 Å². The highest BCUT2D eigenvalue weighted by atomic mass is 31.2. The quantitative estimate of drug-likeness (QED) is 0.273. The number of esters is 1. The summed E-state index contributed by atoms with van der Waals surface area (Å²) in [6.45, 7) is 9.03. The number of hydrogen-bond donors (Lipinski definition) is 2. The van der Waals surface area contributed by atoms with Crippen LogP contribution in [0.15, 0.2) is 36.7 Å². The first kappa shape index (κ1) is 28.9. The molecule has 0 aliphatic carbocycles. The molecular formula is C26H36N5O7P. The van der Waals surface area contributed by atoms with E-state index in [1.54, 1.807) is 48.7 Å². The van der Waals surface area contributed by atoms with Crippen LogP contribution in [0.3, 0.4) is 0 Å². The molecule has 1 fully saturated rings. The largest absolute Gasteiger partial charge is 0.465 e. The van der Waals surface area contributed by atoms with Crippen molar-refractivity contribution in [1.29, 1.82) is 0 Å². The van der Waals surface area contributed by atoms with Gasteiger partial charge in [-0.2, -0.15) is 0 Å². The molecule has 0 radical (unpaired) electrons. The molecule has 0 amide bonds. The van der Waals surface area contributed by atoms with Crippen molar-refractivity contribution in [3.63, 3.8) is 0 Å². The molecule has 39 heavy (non-hydrogen) atoms. The van der Waals surface area contributed by atoms with Gasteiger partial charge in [0.05, 0.1) is 31.6 Å². The van der Waals surface area contributed by atoms with Gasteiger partial charge in [0, 0.05) is 6.42 Å². The Morgan fingerprint density at radius 3 is 2.67 bits per heavy atom. The number of nitrogen functional groups attached to an aromatic ring is 1. The average molecular weight is 562 g/mol. The zero-order valence-corrected chi connectivity index (χ0v) is 23.7. The fraction of sp³-hybridized carbons (Fsp3) is 0.538. The van der Waals surface area contributed by atoms with E-state index in [1.165, 1.54) is 6.33 Å². The van der Waals surface area contributed by atoms with E-state index >= 15 is 0 Å². The Morgan fingerprint density at radius 2 is 2.00 bits per heavy atom. The van der Waals surface area contributed by atoms with Crippen molar-refractivity contribution in [3.05, 3.63) is 42.5 Å². The van der Waals surface area contributed by atoms with Crippen molar-refractivity contribution < 1.29 is 33.0 Å². The van der Waals surface area contributed by atoms with Gasteiger partial charge >= 0.3 is 13.6 Å². The number of aliphatic hydroxyl groups is 1. The first-order valence-electron chi connectivity index (χ1n) is 12.8. The molecule has 1 aromatic carbocycles. The molecule has 3 heterocycles. The van der Waals surface area contributed by atoms with Crippen LogP contribution in [-0.2, 0) is 23.4 Å². The van der Waals surface area contributed by atoms with Gasteiger partial charge in [-0.3, -0.25) is 13.9 Å². The van der Waals surface area contributed by atoms with E-state index in [9.17, 15) is 14.5 Å². The lowest BCUT2D eigenvalue weighted by Gasteiger charge is -2.26. The van der Waals surface area contributed by atoms with Crippen LogP contribution in [-0.4, -0.2) is 62.2 Å².